The van der Waals surface area contributed by atoms with E-state index in [-0.39, 0.29) is 0 Å². The molecule has 1 aromatic rings. The van der Waals surface area contributed by atoms with Gasteiger partial charge in [-0.2, -0.15) is 13.2 Å². The first-order valence-electron chi connectivity index (χ1n) is 6.51. The van der Waals surface area contributed by atoms with Crippen molar-refractivity contribution in [1.82, 2.24) is 0 Å². The predicted molar refractivity (Wildman–Crippen MR) is 71.8 cm³/mol. The molecular weight excluding hydrogens is 269 g/mol. The molecule has 20 heavy (non-hydrogen) atoms. The van der Waals surface area contributed by atoms with Crippen LogP contribution in [0, 0.1) is 5.92 Å². The van der Waals surface area contributed by atoms with E-state index in [1.54, 1.807) is 24.3 Å². The fourth-order valence-electron chi connectivity index (χ4n) is 1.85. The highest BCUT2D eigenvalue weighted by Crippen LogP contribution is 2.37. The van der Waals surface area contributed by atoms with Gasteiger partial charge in [-0.25, -0.2) is 0 Å². The minimum absolute atomic E-state index is 0.350. The van der Waals surface area contributed by atoms with Crippen molar-refractivity contribution in [2.75, 3.05) is 13.7 Å². The Hall–Kier alpha value is -1.23. The predicted octanol–water partition coefficient (Wildman–Crippen LogP) is 4.54. The Labute approximate surface area is 117 Å². The van der Waals surface area contributed by atoms with Gasteiger partial charge in [0.2, 0.25) is 0 Å². The molecule has 1 rings (SSSR count). The highest BCUT2D eigenvalue weighted by Gasteiger charge is 2.40. The van der Waals surface area contributed by atoms with E-state index in [0.29, 0.717) is 23.8 Å². The Bertz CT molecular complexity index is 429. The lowest BCUT2D eigenvalue weighted by atomic mass is 9.92. The van der Waals surface area contributed by atoms with Gasteiger partial charge in [-0.05, 0) is 30.5 Å². The van der Waals surface area contributed by atoms with Crippen molar-refractivity contribution in [2.45, 2.75) is 39.0 Å². The normalized spacial score (nSPS) is 15.2. The van der Waals surface area contributed by atoms with Crippen molar-refractivity contribution >= 4 is 0 Å². The van der Waals surface area contributed by atoms with Gasteiger partial charge in [0, 0.05) is 7.11 Å². The molecule has 0 bridgehead atoms. The number of alkyl halides is 3. The van der Waals surface area contributed by atoms with Crippen LogP contribution in [-0.2, 0) is 10.3 Å². The molecule has 0 heterocycles. The van der Waals surface area contributed by atoms with E-state index in [2.05, 4.69) is 0 Å². The Morgan fingerprint density at radius 1 is 1.20 bits per heavy atom. The third-order valence-electron chi connectivity index (χ3n) is 3.02. The first kappa shape index (κ1) is 16.8. The molecule has 1 atom stereocenters. The maximum atomic E-state index is 12.7. The molecule has 5 heteroatoms. The quantitative estimate of drug-likeness (QED) is 0.766. The van der Waals surface area contributed by atoms with E-state index in [0.717, 1.165) is 0 Å². The fourth-order valence-corrected chi connectivity index (χ4v) is 1.85. The molecule has 2 nitrogen and oxygen atoms in total. The van der Waals surface area contributed by atoms with Crippen LogP contribution in [0.4, 0.5) is 13.2 Å². The van der Waals surface area contributed by atoms with Gasteiger partial charge < -0.3 is 9.47 Å². The lowest BCUT2D eigenvalue weighted by molar-refractivity contribution is -0.181. The Morgan fingerprint density at radius 3 is 2.35 bits per heavy atom. The van der Waals surface area contributed by atoms with Gasteiger partial charge in [-0.15, -0.1) is 0 Å². The van der Waals surface area contributed by atoms with Crippen molar-refractivity contribution in [1.29, 1.82) is 0 Å². The molecule has 0 spiro atoms. The average molecular weight is 290 g/mol. The maximum absolute atomic E-state index is 12.7. The van der Waals surface area contributed by atoms with Crippen LogP contribution in [-0.4, -0.2) is 19.9 Å². The average Bonchev–Trinajstić information content (AvgIpc) is 2.34. The monoisotopic (exact) mass is 290 g/mol. The third-order valence-corrected chi connectivity index (χ3v) is 3.02. The molecule has 0 fully saturated rings. The van der Waals surface area contributed by atoms with Crippen LogP contribution in [0.5, 0.6) is 5.75 Å². The highest BCUT2D eigenvalue weighted by atomic mass is 19.4. The summed E-state index contributed by atoms with van der Waals surface area (Å²) in [5.74, 6) is 0.907. The summed E-state index contributed by atoms with van der Waals surface area (Å²) in [5.41, 5.74) is -0.950. The van der Waals surface area contributed by atoms with E-state index in [1.165, 1.54) is 14.0 Å². The zero-order valence-electron chi connectivity index (χ0n) is 12.3. The van der Waals surface area contributed by atoms with Crippen LogP contribution in [0.25, 0.3) is 0 Å². The molecule has 0 saturated carbocycles. The van der Waals surface area contributed by atoms with Gasteiger partial charge >= 0.3 is 6.18 Å². The van der Waals surface area contributed by atoms with E-state index in [9.17, 15) is 13.2 Å². The number of hydrogen-bond donors (Lipinski definition) is 0. The molecule has 0 aliphatic rings. The number of benzene rings is 1. The van der Waals surface area contributed by atoms with E-state index >= 15 is 0 Å². The lowest BCUT2D eigenvalue weighted by Crippen LogP contribution is -2.31. The molecule has 114 valence electrons. The molecule has 0 aliphatic carbocycles. The summed E-state index contributed by atoms with van der Waals surface area (Å²) in [7, 11) is 1.29. The summed E-state index contributed by atoms with van der Waals surface area (Å²) in [5, 5.41) is 0. The minimum Gasteiger partial charge on any atom is -0.493 e. The molecule has 0 saturated heterocycles. The van der Waals surface area contributed by atoms with Crippen molar-refractivity contribution in [3.8, 4) is 5.75 Å². The van der Waals surface area contributed by atoms with E-state index in [4.69, 9.17) is 9.47 Å². The molecule has 1 unspecified atom stereocenters. The standard InChI is InChI=1S/C15H21F3O2/c1-11(2)9-20-13-7-5-6-12(8-13)14(3,19-4)10-15(16,17)18/h5-8,11H,9-10H2,1-4H3. The molecule has 0 amide bonds. The number of ether oxygens (including phenoxy) is 2. The van der Waals surface area contributed by atoms with Crippen LogP contribution in [0.3, 0.4) is 0 Å². The van der Waals surface area contributed by atoms with Crippen LogP contribution in [0.15, 0.2) is 24.3 Å². The van der Waals surface area contributed by atoms with E-state index < -0.39 is 18.2 Å². The van der Waals surface area contributed by atoms with Crippen LogP contribution in [0.2, 0.25) is 0 Å². The van der Waals surface area contributed by atoms with Crippen molar-refractivity contribution in [3.63, 3.8) is 0 Å². The van der Waals surface area contributed by atoms with Crippen LogP contribution in [0.1, 0.15) is 32.8 Å². The van der Waals surface area contributed by atoms with Crippen LogP contribution < -0.4 is 4.74 Å². The second kappa shape index (κ2) is 6.48. The summed E-state index contributed by atoms with van der Waals surface area (Å²) in [6.07, 6.45) is -5.33. The molecule has 1 aromatic carbocycles. The molecule has 0 N–H and O–H groups in total. The van der Waals surface area contributed by atoms with Crippen molar-refractivity contribution < 1.29 is 22.6 Å². The number of rotatable bonds is 6. The zero-order chi connectivity index (χ0) is 15.4. The molecule has 0 aliphatic heterocycles. The lowest BCUT2D eigenvalue weighted by Gasteiger charge is -2.30. The minimum atomic E-state index is -4.29. The Morgan fingerprint density at radius 2 is 1.85 bits per heavy atom. The number of halogens is 3. The van der Waals surface area contributed by atoms with Gasteiger partial charge in [0.25, 0.3) is 0 Å². The summed E-state index contributed by atoms with van der Waals surface area (Å²) in [6.45, 7) is 5.97. The zero-order valence-corrected chi connectivity index (χ0v) is 12.3. The van der Waals surface area contributed by atoms with E-state index in [1.807, 2.05) is 13.8 Å². The molecule has 0 radical (unpaired) electrons. The summed E-state index contributed by atoms with van der Waals surface area (Å²) in [6, 6.07) is 6.64. The largest absolute Gasteiger partial charge is 0.493 e. The highest BCUT2D eigenvalue weighted by molar-refractivity contribution is 5.32. The molecule has 0 aromatic heterocycles. The first-order valence-corrected chi connectivity index (χ1v) is 6.51. The first-order chi connectivity index (χ1) is 9.16. The summed E-state index contributed by atoms with van der Waals surface area (Å²) in [4.78, 5) is 0. The Balaban J connectivity index is 2.95. The van der Waals surface area contributed by atoms with Gasteiger partial charge in [0.05, 0.1) is 18.6 Å². The number of methoxy groups -OCH3 is 1. The SMILES string of the molecule is COC(C)(CC(F)(F)F)c1cccc(OCC(C)C)c1. The molecular formula is C15H21F3O2. The van der Waals surface area contributed by atoms with Gasteiger partial charge in [-0.1, -0.05) is 26.0 Å². The second-order valence-corrected chi connectivity index (χ2v) is 5.46. The summed E-state index contributed by atoms with van der Waals surface area (Å²) >= 11 is 0. The smallest absolute Gasteiger partial charge is 0.392 e. The van der Waals surface area contributed by atoms with Gasteiger partial charge in [-0.3, -0.25) is 0 Å². The van der Waals surface area contributed by atoms with Gasteiger partial charge in [0.15, 0.2) is 0 Å². The topological polar surface area (TPSA) is 18.5 Å². The van der Waals surface area contributed by atoms with Gasteiger partial charge in [0.1, 0.15) is 5.75 Å². The van der Waals surface area contributed by atoms with Crippen LogP contribution >= 0.6 is 0 Å². The maximum Gasteiger partial charge on any atom is 0.392 e. The Kier molecular flexibility index (Phi) is 5.45. The third kappa shape index (κ3) is 5.04. The van der Waals surface area contributed by atoms with Crippen molar-refractivity contribution in [3.05, 3.63) is 29.8 Å². The second-order valence-electron chi connectivity index (χ2n) is 5.46. The fraction of sp³-hybridized carbons (Fsp3) is 0.600. The summed E-state index contributed by atoms with van der Waals surface area (Å²) < 4.78 is 48.6. The van der Waals surface area contributed by atoms with Crippen molar-refractivity contribution in [2.24, 2.45) is 5.92 Å². The number of hydrogen-bond acceptors (Lipinski definition) is 2.